The van der Waals surface area contributed by atoms with Crippen molar-refractivity contribution in [2.24, 2.45) is 5.41 Å². The minimum Gasteiger partial charge on any atom is -0.351 e. The standard InChI is InChI=1S/C12H18N2O/c1-10(2)8-14-11(15)12(9-13)6-4-3-5-7-12/h1,3-8H2,2H3,(H,14,15). The summed E-state index contributed by atoms with van der Waals surface area (Å²) in [7, 11) is 0. The smallest absolute Gasteiger partial charge is 0.240 e. The van der Waals surface area contributed by atoms with Gasteiger partial charge in [0.05, 0.1) is 6.07 Å². The lowest BCUT2D eigenvalue weighted by atomic mass is 9.74. The van der Waals surface area contributed by atoms with Crippen molar-refractivity contribution in [2.75, 3.05) is 6.54 Å². The minimum absolute atomic E-state index is 0.118. The topological polar surface area (TPSA) is 52.9 Å². The van der Waals surface area contributed by atoms with Crippen molar-refractivity contribution in [2.45, 2.75) is 39.0 Å². The van der Waals surface area contributed by atoms with Gasteiger partial charge in [-0.15, -0.1) is 0 Å². The third-order valence-corrected chi connectivity index (χ3v) is 2.91. The van der Waals surface area contributed by atoms with Crippen LogP contribution in [0.4, 0.5) is 0 Å². The first kappa shape index (κ1) is 11.8. The maximum atomic E-state index is 11.9. The molecular weight excluding hydrogens is 188 g/mol. The van der Waals surface area contributed by atoms with E-state index >= 15 is 0 Å². The number of carbonyl (C=O) groups excluding carboxylic acids is 1. The van der Waals surface area contributed by atoms with Gasteiger partial charge in [0.1, 0.15) is 5.41 Å². The Balaban J connectivity index is 2.61. The first-order valence-electron chi connectivity index (χ1n) is 5.45. The Hall–Kier alpha value is -1.30. The first-order chi connectivity index (χ1) is 7.10. The summed E-state index contributed by atoms with van der Waals surface area (Å²) in [4.78, 5) is 11.9. The number of nitrogens with one attached hydrogen (secondary N) is 1. The molecule has 1 N–H and O–H groups in total. The van der Waals surface area contributed by atoms with Crippen LogP contribution in [0.1, 0.15) is 39.0 Å². The van der Waals surface area contributed by atoms with E-state index in [1.165, 1.54) is 0 Å². The summed E-state index contributed by atoms with van der Waals surface area (Å²) in [5.74, 6) is -0.118. The molecule has 0 aromatic rings. The summed E-state index contributed by atoms with van der Waals surface area (Å²) in [5, 5.41) is 11.9. The predicted molar refractivity (Wildman–Crippen MR) is 59.0 cm³/mol. The van der Waals surface area contributed by atoms with Crippen molar-refractivity contribution < 1.29 is 4.79 Å². The Kier molecular flexibility index (Phi) is 3.90. The van der Waals surface area contributed by atoms with Gasteiger partial charge in [-0.2, -0.15) is 5.26 Å². The lowest BCUT2D eigenvalue weighted by Crippen LogP contribution is -2.41. The van der Waals surface area contributed by atoms with E-state index in [1.54, 1.807) is 0 Å². The van der Waals surface area contributed by atoms with Crippen molar-refractivity contribution in [1.82, 2.24) is 5.32 Å². The molecule has 1 fully saturated rings. The number of carbonyl (C=O) groups is 1. The van der Waals surface area contributed by atoms with E-state index in [0.717, 1.165) is 24.8 Å². The number of rotatable bonds is 3. The summed E-state index contributed by atoms with van der Waals surface area (Å²) in [5.41, 5.74) is 0.139. The summed E-state index contributed by atoms with van der Waals surface area (Å²) in [6.07, 6.45) is 4.50. The van der Waals surface area contributed by atoms with Gasteiger partial charge in [-0.3, -0.25) is 4.79 Å². The second-order valence-corrected chi connectivity index (χ2v) is 4.39. The highest BCUT2D eigenvalue weighted by Gasteiger charge is 2.39. The van der Waals surface area contributed by atoms with Crippen molar-refractivity contribution >= 4 is 5.91 Å². The number of nitrogens with zero attached hydrogens (tertiary/aromatic N) is 1. The summed E-state index contributed by atoms with van der Waals surface area (Å²) < 4.78 is 0. The molecule has 1 aliphatic rings. The molecule has 0 bridgehead atoms. The lowest BCUT2D eigenvalue weighted by Gasteiger charge is -2.29. The fourth-order valence-electron chi connectivity index (χ4n) is 1.95. The molecule has 1 aliphatic carbocycles. The Morgan fingerprint density at radius 3 is 2.53 bits per heavy atom. The Labute approximate surface area is 91.2 Å². The normalized spacial score (nSPS) is 18.9. The molecule has 15 heavy (non-hydrogen) atoms. The highest BCUT2D eigenvalue weighted by Crippen LogP contribution is 2.35. The van der Waals surface area contributed by atoms with E-state index < -0.39 is 5.41 Å². The van der Waals surface area contributed by atoms with E-state index in [4.69, 9.17) is 5.26 Å². The average molecular weight is 206 g/mol. The van der Waals surface area contributed by atoms with Crippen LogP contribution in [-0.4, -0.2) is 12.5 Å². The van der Waals surface area contributed by atoms with Crippen molar-refractivity contribution in [3.8, 4) is 6.07 Å². The van der Waals surface area contributed by atoms with Gasteiger partial charge in [0.2, 0.25) is 5.91 Å². The molecule has 0 aromatic carbocycles. The third kappa shape index (κ3) is 2.82. The SMILES string of the molecule is C=C(C)CNC(=O)C1(C#N)CCCCC1. The monoisotopic (exact) mass is 206 g/mol. The van der Waals surface area contributed by atoms with Crippen LogP contribution in [0.3, 0.4) is 0 Å². The van der Waals surface area contributed by atoms with Crippen LogP contribution in [0.2, 0.25) is 0 Å². The molecule has 1 saturated carbocycles. The van der Waals surface area contributed by atoms with E-state index in [2.05, 4.69) is 18.0 Å². The van der Waals surface area contributed by atoms with Crippen LogP contribution in [0, 0.1) is 16.7 Å². The van der Waals surface area contributed by atoms with Gasteiger partial charge in [0, 0.05) is 6.54 Å². The van der Waals surface area contributed by atoms with Gasteiger partial charge < -0.3 is 5.32 Å². The highest BCUT2D eigenvalue weighted by molar-refractivity contribution is 5.85. The summed E-state index contributed by atoms with van der Waals surface area (Å²) in [6.45, 7) is 6.06. The maximum absolute atomic E-state index is 11.9. The van der Waals surface area contributed by atoms with Crippen molar-refractivity contribution in [3.63, 3.8) is 0 Å². The highest BCUT2D eigenvalue weighted by atomic mass is 16.2. The van der Waals surface area contributed by atoms with Gasteiger partial charge >= 0.3 is 0 Å². The number of amides is 1. The molecule has 0 heterocycles. The molecule has 3 nitrogen and oxygen atoms in total. The van der Waals surface area contributed by atoms with Crippen molar-refractivity contribution in [1.29, 1.82) is 5.26 Å². The zero-order valence-corrected chi connectivity index (χ0v) is 9.31. The minimum atomic E-state index is -0.770. The van der Waals surface area contributed by atoms with Crippen LogP contribution < -0.4 is 5.32 Å². The largest absolute Gasteiger partial charge is 0.351 e. The van der Waals surface area contributed by atoms with E-state index in [9.17, 15) is 4.79 Å². The van der Waals surface area contributed by atoms with E-state index in [1.807, 2.05) is 6.92 Å². The number of hydrogen-bond acceptors (Lipinski definition) is 2. The fraction of sp³-hybridized carbons (Fsp3) is 0.667. The lowest BCUT2D eigenvalue weighted by molar-refractivity contribution is -0.129. The van der Waals surface area contributed by atoms with E-state index in [-0.39, 0.29) is 5.91 Å². The van der Waals surface area contributed by atoms with Gasteiger partial charge in [-0.25, -0.2) is 0 Å². The molecule has 0 saturated heterocycles. The molecule has 0 radical (unpaired) electrons. The first-order valence-corrected chi connectivity index (χ1v) is 5.45. The van der Waals surface area contributed by atoms with Gasteiger partial charge in [-0.1, -0.05) is 31.4 Å². The van der Waals surface area contributed by atoms with E-state index in [0.29, 0.717) is 19.4 Å². The molecule has 1 rings (SSSR count). The Morgan fingerprint density at radius 2 is 2.07 bits per heavy atom. The summed E-state index contributed by atoms with van der Waals surface area (Å²) in [6, 6.07) is 2.20. The van der Waals surface area contributed by atoms with Crippen molar-refractivity contribution in [3.05, 3.63) is 12.2 Å². The van der Waals surface area contributed by atoms with Crippen LogP contribution >= 0.6 is 0 Å². The maximum Gasteiger partial charge on any atom is 0.240 e. The van der Waals surface area contributed by atoms with Crippen LogP contribution in [0.15, 0.2) is 12.2 Å². The molecular formula is C12H18N2O. The summed E-state index contributed by atoms with van der Waals surface area (Å²) >= 11 is 0. The van der Waals surface area contributed by atoms with Gasteiger partial charge in [0.25, 0.3) is 0 Å². The van der Waals surface area contributed by atoms with Crippen LogP contribution in [0.5, 0.6) is 0 Å². The quantitative estimate of drug-likeness (QED) is 0.719. The molecule has 82 valence electrons. The average Bonchev–Trinajstić information content (AvgIpc) is 2.26. The fourth-order valence-corrected chi connectivity index (χ4v) is 1.95. The van der Waals surface area contributed by atoms with Crippen LogP contribution in [0.25, 0.3) is 0 Å². The molecule has 0 aromatic heterocycles. The second kappa shape index (κ2) is 4.97. The zero-order chi connectivity index (χ0) is 11.3. The molecule has 0 atom stereocenters. The molecule has 1 amide bonds. The molecule has 0 spiro atoms. The van der Waals surface area contributed by atoms with Crippen LogP contribution in [-0.2, 0) is 4.79 Å². The zero-order valence-electron chi connectivity index (χ0n) is 9.31. The molecule has 3 heteroatoms. The Morgan fingerprint density at radius 1 is 1.47 bits per heavy atom. The number of nitriles is 1. The van der Waals surface area contributed by atoms with Gasteiger partial charge in [-0.05, 0) is 19.8 Å². The third-order valence-electron chi connectivity index (χ3n) is 2.91. The second-order valence-electron chi connectivity index (χ2n) is 4.39. The number of hydrogen-bond donors (Lipinski definition) is 1. The predicted octanol–water partition coefficient (Wildman–Crippen LogP) is 2.15. The molecule has 0 aliphatic heterocycles. The molecule has 0 unspecified atom stereocenters. The van der Waals surface area contributed by atoms with Gasteiger partial charge in [0.15, 0.2) is 0 Å². The Bertz CT molecular complexity index is 295.